The first-order valence-corrected chi connectivity index (χ1v) is 4.91. The van der Waals surface area contributed by atoms with Crippen LogP contribution in [0.3, 0.4) is 0 Å². The van der Waals surface area contributed by atoms with Crippen LogP contribution in [0.4, 0.5) is 5.69 Å². The summed E-state index contributed by atoms with van der Waals surface area (Å²) in [5, 5.41) is 3.19. The lowest BCUT2D eigenvalue weighted by atomic mass is 10.1. The van der Waals surface area contributed by atoms with Gasteiger partial charge in [0.15, 0.2) is 0 Å². The van der Waals surface area contributed by atoms with Gasteiger partial charge in [-0.05, 0) is 38.1 Å². The zero-order chi connectivity index (χ0) is 10.4. The standard InChI is InChI=1S/C12H18N2/c1-10(14-2)5-3-6-11-7-4-8-12(13)9-11/h3-4,6-10,14H,5,13H2,1-2H3/t10-/m0/s1. The molecule has 0 aliphatic carbocycles. The molecule has 0 unspecified atom stereocenters. The maximum absolute atomic E-state index is 5.67. The van der Waals surface area contributed by atoms with Gasteiger partial charge in [-0.2, -0.15) is 0 Å². The minimum atomic E-state index is 0.521. The van der Waals surface area contributed by atoms with E-state index >= 15 is 0 Å². The van der Waals surface area contributed by atoms with Gasteiger partial charge >= 0.3 is 0 Å². The topological polar surface area (TPSA) is 38.0 Å². The Labute approximate surface area is 85.8 Å². The molecule has 1 aromatic carbocycles. The van der Waals surface area contributed by atoms with Gasteiger partial charge in [-0.15, -0.1) is 0 Å². The molecule has 0 radical (unpaired) electrons. The van der Waals surface area contributed by atoms with Gasteiger partial charge < -0.3 is 11.1 Å². The van der Waals surface area contributed by atoms with Crippen LogP contribution in [0.2, 0.25) is 0 Å². The number of benzene rings is 1. The Kier molecular flexibility index (Phi) is 4.20. The fourth-order valence-corrected chi connectivity index (χ4v) is 1.19. The van der Waals surface area contributed by atoms with Gasteiger partial charge in [0.2, 0.25) is 0 Å². The lowest BCUT2D eigenvalue weighted by molar-refractivity contribution is 0.621. The summed E-state index contributed by atoms with van der Waals surface area (Å²) in [6.07, 6.45) is 5.30. The van der Waals surface area contributed by atoms with E-state index in [-0.39, 0.29) is 0 Å². The minimum absolute atomic E-state index is 0.521. The van der Waals surface area contributed by atoms with Crippen LogP contribution in [0, 0.1) is 0 Å². The summed E-state index contributed by atoms with van der Waals surface area (Å²) in [5.41, 5.74) is 7.64. The molecule has 0 amide bonds. The van der Waals surface area contributed by atoms with Crippen molar-refractivity contribution in [2.75, 3.05) is 12.8 Å². The molecular formula is C12H18N2. The second-order valence-corrected chi connectivity index (χ2v) is 3.50. The van der Waals surface area contributed by atoms with Crippen molar-refractivity contribution < 1.29 is 0 Å². The molecule has 0 saturated carbocycles. The van der Waals surface area contributed by atoms with Crippen molar-refractivity contribution in [2.45, 2.75) is 19.4 Å². The van der Waals surface area contributed by atoms with Crippen LogP contribution < -0.4 is 11.1 Å². The van der Waals surface area contributed by atoms with Crippen molar-refractivity contribution in [3.8, 4) is 0 Å². The van der Waals surface area contributed by atoms with E-state index in [1.54, 1.807) is 0 Å². The number of nitrogens with one attached hydrogen (secondary N) is 1. The molecule has 0 spiro atoms. The Balaban J connectivity index is 2.51. The zero-order valence-corrected chi connectivity index (χ0v) is 8.83. The van der Waals surface area contributed by atoms with Crippen molar-refractivity contribution in [1.82, 2.24) is 5.32 Å². The maximum atomic E-state index is 5.67. The third-order valence-electron chi connectivity index (χ3n) is 2.20. The summed E-state index contributed by atoms with van der Waals surface area (Å²) >= 11 is 0. The van der Waals surface area contributed by atoms with Gasteiger partial charge in [-0.25, -0.2) is 0 Å². The van der Waals surface area contributed by atoms with Crippen LogP contribution in [0.5, 0.6) is 0 Å². The number of rotatable bonds is 4. The first-order valence-electron chi connectivity index (χ1n) is 4.91. The highest BCUT2D eigenvalue weighted by atomic mass is 14.8. The molecule has 1 atom stereocenters. The van der Waals surface area contributed by atoms with Gasteiger partial charge in [-0.1, -0.05) is 24.3 Å². The highest BCUT2D eigenvalue weighted by molar-refractivity contribution is 5.55. The lowest BCUT2D eigenvalue weighted by Crippen LogP contribution is -2.19. The Hall–Kier alpha value is -1.28. The van der Waals surface area contributed by atoms with E-state index in [1.165, 1.54) is 0 Å². The van der Waals surface area contributed by atoms with Crippen LogP contribution in [-0.4, -0.2) is 13.1 Å². The predicted octanol–water partition coefficient (Wildman–Crippen LogP) is 2.28. The van der Waals surface area contributed by atoms with Gasteiger partial charge in [-0.3, -0.25) is 0 Å². The van der Waals surface area contributed by atoms with Crippen molar-refractivity contribution >= 4 is 11.8 Å². The van der Waals surface area contributed by atoms with Crippen LogP contribution in [-0.2, 0) is 0 Å². The molecular weight excluding hydrogens is 172 g/mol. The average molecular weight is 190 g/mol. The first-order chi connectivity index (χ1) is 6.72. The maximum Gasteiger partial charge on any atom is 0.0319 e. The van der Waals surface area contributed by atoms with Crippen LogP contribution in [0.25, 0.3) is 6.08 Å². The summed E-state index contributed by atoms with van der Waals surface area (Å²) in [5.74, 6) is 0. The van der Waals surface area contributed by atoms with Crippen LogP contribution >= 0.6 is 0 Å². The molecule has 0 aliphatic rings. The molecule has 3 N–H and O–H groups in total. The molecule has 76 valence electrons. The van der Waals surface area contributed by atoms with Crippen LogP contribution in [0.15, 0.2) is 30.3 Å². The first kappa shape index (κ1) is 10.8. The largest absolute Gasteiger partial charge is 0.399 e. The van der Waals surface area contributed by atoms with Gasteiger partial charge in [0.1, 0.15) is 0 Å². The molecule has 0 bridgehead atoms. The highest BCUT2D eigenvalue weighted by Gasteiger charge is 1.92. The number of anilines is 1. The van der Waals surface area contributed by atoms with E-state index in [4.69, 9.17) is 5.73 Å². The van der Waals surface area contributed by atoms with Crippen molar-refractivity contribution in [2.24, 2.45) is 0 Å². The Bertz CT molecular complexity index is 305. The Morgan fingerprint density at radius 2 is 2.29 bits per heavy atom. The summed E-state index contributed by atoms with van der Waals surface area (Å²) in [7, 11) is 1.97. The molecule has 0 fully saturated rings. The predicted molar refractivity (Wildman–Crippen MR) is 63.0 cm³/mol. The molecule has 0 aromatic heterocycles. The molecule has 1 rings (SSSR count). The fraction of sp³-hybridized carbons (Fsp3) is 0.333. The molecule has 0 saturated heterocycles. The van der Waals surface area contributed by atoms with Gasteiger partial charge in [0.25, 0.3) is 0 Å². The van der Waals surface area contributed by atoms with Crippen molar-refractivity contribution in [3.63, 3.8) is 0 Å². The third-order valence-corrected chi connectivity index (χ3v) is 2.20. The van der Waals surface area contributed by atoms with Gasteiger partial charge in [0.05, 0.1) is 0 Å². The highest BCUT2D eigenvalue weighted by Crippen LogP contribution is 2.08. The second-order valence-electron chi connectivity index (χ2n) is 3.50. The molecule has 1 aromatic rings. The van der Waals surface area contributed by atoms with Crippen molar-refractivity contribution in [1.29, 1.82) is 0 Å². The van der Waals surface area contributed by atoms with Crippen molar-refractivity contribution in [3.05, 3.63) is 35.9 Å². The number of nitrogens with two attached hydrogens (primary N) is 1. The van der Waals surface area contributed by atoms with E-state index in [9.17, 15) is 0 Å². The third kappa shape index (κ3) is 3.62. The molecule has 14 heavy (non-hydrogen) atoms. The Morgan fingerprint density at radius 1 is 1.50 bits per heavy atom. The summed E-state index contributed by atoms with van der Waals surface area (Å²) in [4.78, 5) is 0. The zero-order valence-electron chi connectivity index (χ0n) is 8.83. The monoisotopic (exact) mass is 190 g/mol. The average Bonchev–Trinajstić information content (AvgIpc) is 2.17. The van der Waals surface area contributed by atoms with E-state index in [1.807, 2.05) is 25.2 Å². The summed E-state index contributed by atoms with van der Waals surface area (Å²) in [6.45, 7) is 2.16. The SMILES string of the molecule is CN[C@@H](C)CC=Cc1cccc(N)c1. The minimum Gasteiger partial charge on any atom is -0.399 e. The molecule has 0 aliphatic heterocycles. The molecule has 0 heterocycles. The number of hydrogen-bond donors (Lipinski definition) is 2. The van der Waals surface area contributed by atoms with E-state index in [2.05, 4.69) is 30.5 Å². The van der Waals surface area contributed by atoms with E-state index in [0.29, 0.717) is 6.04 Å². The normalized spacial score (nSPS) is 13.3. The molecule has 2 heteroatoms. The summed E-state index contributed by atoms with van der Waals surface area (Å²) in [6, 6.07) is 8.41. The quantitative estimate of drug-likeness (QED) is 0.715. The number of nitrogen functional groups attached to an aromatic ring is 1. The smallest absolute Gasteiger partial charge is 0.0319 e. The number of hydrogen-bond acceptors (Lipinski definition) is 2. The van der Waals surface area contributed by atoms with E-state index < -0.39 is 0 Å². The molecule has 2 nitrogen and oxygen atoms in total. The lowest BCUT2D eigenvalue weighted by Gasteiger charge is -2.04. The van der Waals surface area contributed by atoms with Crippen LogP contribution in [0.1, 0.15) is 18.9 Å². The Morgan fingerprint density at radius 3 is 2.93 bits per heavy atom. The summed E-state index contributed by atoms with van der Waals surface area (Å²) < 4.78 is 0. The van der Waals surface area contributed by atoms with Gasteiger partial charge in [0, 0.05) is 11.7 Å². The van der Waals surface area contributed by atoms with E-state index in [0.717, 1.165) is 17.7 Å². The second kappa shape index (κ2) is 5.45. The fourth-order valence-electron chi connectivity index (χ4n) is 1.19.